The first kappa shape index (κ1) is 24.4. The van der Waals surface area contributed by atoms with Crippen LogP contribution in [-0.4, -0.2) is 39.7 Å². The lowest BCUT2D eigenvalue weighted by Crippen LogP contribution is -2.49. The van der Waals surface area contributed by atoms with Crippen LogP contribution in [0.5, 0.6) is 0 Å². The Bertz CT molecular complexity index is 1290. The van der Waals surface area contributed by atoms with Crippen molar-refractivity contribution in [2.24, 2.45) is 11.8 Å². The second-order valence-electron chi connectivity index (χ2n) is 9.87. The number of hydrogen-bond acceptors (Lipinski definition) is 4. The van der Waals surface area contributed by atoms with Crippen molar-refractivity contribution in [2.45, 2.75) is 44.9 Å². The van der Waals surface area contributed by atoms with Crippen molar-refractivity contribution in [2.75, 3.05) is 13.2 Å². The molecule has 1 saturated heterocycles. The molecule has 6 nitrogen and oxygen atoms in total. The van der Waals surface area contributed by atoms with E-state index < -0.39 is 6.04 Å². The molecule has 36 heavy (non-hydrogen) atoms. The minimum absolute atomic E-state index is 0.0551. The third kappa shape index (κ3) is 4.16. The predicted octanol–water partition coefficient (Wildman–Crippen LogP) is 3.91. The van der Waals surface area contributed by atoms with E-state index in [2.05, 4.69) is 17.1 Å². The van der Waals surface area contributed by atoms with Crippen molar-refractivity contribution in [3.05, 3.63) is 94.2 Å². The number of fused-ring (bicyclic) bond motifs is 3. The van der Waals surface area contributed by atoms with Gasteiger partial charge in [0.25, 0.3) is 5.56 Å². The lowest BCUT2D eigenvalue weighted by molar-refractivity contribution is -0.128. The fourth-order valence-electron chi connectivity index (χ4n) is 6.10. The number of benzene rings is 2. The molecule has 2 aliphatic rings. The second kappa shape index (κ2) is 9.99. The zero-order valence-corrected chi connectivity index (χ0v) is 20.6. The van der Waals surface area contributed by atoms with Crippen molar-refractivity contribution >= 4 is 5.91 Å². The molecule has 1 aromatic heterocycles. The van der Waals surface area contributed by atoms with Crippen LogP contribution in [0.1, 0.15) is 43.6 Å². The van der Waals surface area contributed by atoms with Gasteiger partial charge in [0.15, 0.2) is 0 Å². The first-order valence-corrected chi connectivity index (χ1v) is 12.7. The Morgan fingerprint density at radius 2 is 1.83 bits per heavy atom. The van der Waals surface area contributed by atoms with Gasteiger partial charge in [-0.3, -0.25) is 14.5 Å². The monoisotopic (exact) mass is 489 g/mol. The van der Waals surface area contributed by atoms with E-state index in [0.717, 1.165) is 17.7 Å². The van der Waals surface area contributed by atoms with E-state index in [1.54, 1.807) is 22.8 Å². The molecule has 3 heterocycles. The number of carbonyl (C=O) groups excluding carboxylic acids is 1. The number of halogens is 1. The van der Waals surface area contributed by atoms with Crippen LogP contribution in [0.25, 0.3) is 11.1 Å². The summed E-state index contributed by atoms with van der Waals surface area (Å²) >= 11 is 0. The number of carbonyl (C=O) groups is 1. The fourth-order valence-corrected chi connectivity index (χ4v) is 6.10. The highest BCUT2D eigenvalue weighted by Crippen LogP contribution is 2.49. The van der Waals surface area contributed by atoms with E-state index >= 15 is 0 Å². The van der Waals surface area contributed by atoms with E-state index in [0.29, 0.717) is 24.2 Å². The maximum atomic E-state index is 13.6. The van der Waals surface area contributed by atoms with E-state index in [9.17, 15) is 19.1 Å². The van der Waals surface area contributed by atoms with Crippen LogP contribution in [0.4, 0.5) is 4.39 Å². The first-order valence-electron chi connectivity index (χ1n) is 12.7. The van der Waals surface area contributed by atoms with Gasteiger partial charge in [-0.2, -0.15) is 0 Å². The van der Waals surface area contributed by atoms with Gasteiger partial charge in [0, 0.05) is 36.2 Å². The smallest absolute Gasteiger partial charge is 0.258 e. The second-order valence-corrected chi connectivity index (χ2v) is 9.87. The SMILES string of the molecule is CCCN1[C@@H]2c3ccc(-c4ccc(F)cc4)c(=O)n3C[C@@H]2[C@@H](CO)[C@@H]1C(=O)N[C@@H](C)c1ccccc1. The minimum atomic E-state index is -0.475. The van der Waals surface area contributed by atoms with Gasteiger partial charge in [0.05, 0.1) is 18.1 Å². The van der Waals surface area contributed by atoms with E-state index in [-0.39, 0.29) is 47.8 Å². The quantitative estimate of drug-likeness (QED) is 0.528. The van der Waals surface area contributed by atoms with Crippen LogP contribution in [0.2, 0.25) is 0 Å². The molecule has 0 unspecified atom stereocenters. The molecule has 1 fully saturated rings. The first-order chi connectivity index (χ1) is 17.4. The van der Waals surface area contributed by atoms with Gasteiger partial charge in [-0.05, 0) is 55.3 Å². The van der Waals surface area contributed by atoms with Gasteiger partial charge in [-0.15, -0.1) is 0 Å². The van der Waals surface area contributed by atoms with E-state index in [4.69, 9.17) is 0 Å². The van der Waals surface area contributed by atoms with Gasteiger partial charge in [0.2, 0.25) is 5.91 Å². The van der Waals surface area contributed by atoms with Crippen LogP contribution < -0.4 is 10.9 Å². The lowest BCUT2D eigenvalue weighted by atomic mass is 9.88. The van der Waals surface area contributed by atoms with Crippen LogP contribution in [0, 0.1) is 17.7 Å². The van der Waals surface area contributed by atoms with E-state index in [1.165, 1.54) is 12.1 Å². The molecule has 5 atom stereocenters. The fraction of sp³-hybridized carbons (Fsp3) is 0.379. The molecule has 2 aromatic carbocycles. The highest BCUT2D eigenvalue weighted by molar-refractivity contribution is 5.83. The van der Waals surface area contributed by atoms with Crippen molar-refractivity contribution in [3.8, 4) is 11.1 Å². The number of nitrogens with zero attached hydrogens (tertiary/aromatic N) is 2. The van der Waals surface area contributed by atoms with Gasteiger partial charge in [-0.25, -0.2) is 4.39 Å². The summed E-state index contributed by atoms with van der Waals surface area (Å²) in [5, 5.41) is 13.6. The minimum Gasteiger partial charge on any atom is -0.396 e. The number of aliphatic hydroxyl groups excluding tert-OH is 1. The van der Waals surface area contributed by atoms with Gasteiger partial charge in [0.1, 0.15) is 5.82 Å². The zero-order chi connectivity index (χ0) is 25.4. The number of likely N-dealkylation sites (tertiary alicyclic amines) is 1. The molecule has 188 valence electrons. The predicted molar refractivity (Wildman–Crippen MR) is 137 cm³/mol. The Hall–Kier alpha value is -3.29. The molecular weight excluding hydrogens is 457 g/mol. The molecular formula is C29H32FN3O3. The Morgan fingerprint density at radius 1 is 1.11 bits per heavy atom. The average molecular weight is 490 g/mol. The summed E-state index contributed by atoms with van der Waals surface area (Å²) in [4.78, 5) is 29.2. The number of aliphatic hydroxyl groups is 1. The Morgan fingerprint density at radius 3 is 2.50 bits per heavy atom. The molecule has 7 heteroatoms. The van der Waals surface area contributed by atoms with Gasteiger partial charge < -0.3 is 15.0 Å². The van der Waals surface area contributed by atoms with Crippen molar-refractivity contribution in [3.63, 3.8) is 0 Å². The molecule has 0 spiro atoms. The number of rotatable bonds is 7. The average Bonchev–Trinajstić information content (AvgIpc) is 3.41. The largest absolute Gasteiger partial charge is 0.396 e. The Kier molecular flexibility index (Phi) is 6.77. The number of hydrogen-bond donors (Lipinski definition) is 2. The summed E-state index contributed by atoms with van der Waals surface area (Å²) in [7, 11) is 0. The Labute approximate surface area is 210 Å². The topological polar surface area (TPSA) is 74.6 Å². The summed E-state index contributed by atoms with van der Waals surface area (Å²) in [6.45, 7) is 5.03. The third-order valence-electron chi connectivity index (χ3n) is 7.75. The van der Waals surface area contributed by atoms with E-state index in [1.807, 2.05) is 43.3 Å². The Balaban J connectivity index is 1.47. The maximum Gasteiger partial charge on any atom is 0.258 e. The highest BCUT2D eigenvalue weighted by atomic mass is 19.1. The summed E-state index contributed by atoms with van der Waals surface area (Å²) in [6, 6.07) is 18.8. The summed E-state index contributed by atoms with van der Waals surface area (Å²) in [5.74, 6) is -0.787. The molecule has 0 radical (unpaired) electrons. The summed E-state index contributed by atoms with van der Waals surface area (Å²) in [6.07, 6.45) is 0.845. The van der Waals surface area contributed by atoms with Crippen LogP contribution in [0.15, 0.2) is 71.5 Å². The van der Waals surface area contributed by atoms with Gasteiger partial charge >= 0.3 is 0 Å². The number of nitrogens with one attached hydrogen (secondary N) is 1. The highest BCUT2D eigenvalue weighted by Gasteiger charge is 2.55. The lowest BCUT2D eigenvalue weighted by Gasteiger charge is -2.31. The maximum absolute atomic E-state index is 13.6. The van der Waals surface area contributed by atoms with Crippen molar-refractivity contribution in [1.82, 2.24) is 14.8 Å². The number of pyridine rings is 1. The molecule has 3 aromatic rings. The molecule has 0 aliphatic carbocycles. The molecule has 2 aliphatic heterocycles. The normalized spacial score (nSPS) is 23.8. The molecule has 1 amide bonds. The summed E-state index contributed by atoms with van der Waals surface area (Å²) < 4.78 is 15.2. The standard InChI is InChI=1S/C29H32FN3O3/c1-3-15-32-26-23(24(17-34)27(32)28(35)31-18(2)19-7-5-4-6-8-19)16-33-25(26)14-13-22(29(33)36)20-9-11-21(30)12-10-20/h4-14,18,23-24,26-27,34H,3,15-17H2,1-2H3,(H,31,35)/t18-,23+,24+,26-,27+/m0/s1. The summed E-state index contributed by atoms with van der Waals surface area (Å²) in [5.41, 5.74) is 2.96. The van der Waals surface area contributed by atoms with Crippen LogP contribution in [0.3, 0.4) is 0 Å². The van der Waals surface area contributed by atoms with Crippen LogP contribution >= 0.6 is 0 Å². The number of aromatic nitrogens is 1. The molecule has 0 saturated carbocycles. The van der Waals surface area contributed by atoms with Crippen molar-refractivity contribution < 1.29 is 14.3 Å². The number of amides is 1. The zero-order valence-electron chi connectivity index (χ0n) is 20.6. The molecule has 5 rings (SSSR count). The van der Waals surface area contributed by atoms with Crippen molar-refractivity contribution in [1.29, 1.82) is 0 Å². The molecule has 0 bridgehead atoms. The van der Waals surface area contributed by atoms with Crippen LogP contribution in [-0.2, 0) is 11.3 Å². The molecule has 2 N–H and O–H groups in total. The third-order valence-corrected chi connectivity index (χ3v) is 7.75. The van der Waals surface area contributed by atoms with Gasteiger partial charge in [-0.1, -0.05) is 49.4 Å².